The summed E-state index contributed by atoms with van der Waals surface area (Å²) in [6.45, 7) is 1.84. The number of nitrogens with one attached hydrogen (secondary N) is 1. The molecule has 2 rings (SSSR count). The van der Waals surface area contributed by atoms with Gasteiger partial charge in [-0.25, -0.2) is 5.43 Å². The number of thioether (sulfide) groups is 1. The number of amides is 1. The van der Waals surface area contributed by atoms with E-state index in [4.69, 9.17) is 11.6 Å². The van der Waals surface area contributed by atoms with Crippen LogP contribution in [-0.4, -0.2) is 17.4 Å². The number of halogens is 1. The Morgan fingerprint density at radius 1 is 1.19 bits per heavy atom. The molecule has 0 spiro atoms. The lowest BCUT2D eigenvalue weighted by molar-refractivity contribution is -0.120. The van der Waals surface area contributed by atoms with Crippen LogP contribution in [-0.2, 0) is 4.79 Å². The third kappa shape index (κ3) is 5.25. The van der Waals surface area contributed by atoms with Gasteiger partial charge in [-0.05, 0) is 36.8 Å². The van der Waals surface area contributed by atoms with Crippen molar-refractivity contribution in [2.45, 2.75) is 17.1 Å². The highest BCUT2D eigenvalue weighted by Crippen LogP contribution is 2.24. The van der Waals surface area contributed by atoms with Gasteiger partial charge in [0.15, 0.2) is 0 Å². The Balaban J connectivity index is 1.85. The molecule has 0 saturated heterocycles. The van der Waals surface area contributed by atoms with Crippen molar-refractivity contribution < 1.29 is 4.79 Å². The van der Waals surface area contributed by atoms with E-state index < -0.39 is 0 Å². The second-order valence-electron chi connectivity index (χ2n) is 4.36. The molecule has 0 radical (unpaired) electrons. The van der Waals surface area contributed by atoms with Crippen molar-refractivity contribution in [3.63, 3.8) is 0 Å². The van der Waals surface area contributed by atoms with Crippen LogP contribution < -0.4 is 5.43 Å². The van der Waals surface area contributed by atoms with Crippen molar-refractivity contribution in [3.05, 3.63) is 65.2 Å². The fourth-order valence-electron chi connectivity index (χ4n) is 1.57. The molecule has 3 nitrogen and oxygen atoms in total. The number of hydrazone groups is 1. The van der Waals surface area contributed by atoms with Gasteiger partial charge in [-0.3, -0.25) is 4.79 Å². The van der Waals surface area contributed by atoms with Crippen LogP contribution in [0.1, 0.15) is 12.5 Å². The lowest BCUT2D eigenvalue weighted by Crippen LogP contribution is -2.26. The van der Waals surface area contributed by atoms with Crippen LogP contribution in [0, 0.1) is 0 Å². The van der Waals surface area contributed by atoms with Crippen molar-refractivity contribution in [2.75, 3.05) is 0 Å². The summed E-state index contributed by atoms with van der Waals surface area (Å²) in [5, 5.41) is 4.41. The van der Waals surface area contributed by atoms with Crippen LogP contribution in [0.4, 0.5) is 0 Å². The summed E-state index contributed by atoms with van der Waals surface area (Å²) in [6.07, 6.45) is 1.62. The summed E-state index contributed by atoms with van der Waals surface area (Å²) in [4.78, 5) is 12.9. The van der Waals surface area contributed by atoms with Crippen LogP contribution in [0.15, 0.2) is 64.6 Å². The molecular formula is C16H15ClN2OS. The van der Waals surface area contributed by atoms with E-state index in [1.807, 2.05) is 61.5 Å². The van der Waals surface area contributed by atoms with E-state index in [2.05, 4.69) is 10.5 Å². The van der Waals surface area contributed by atoms with Crippen molar-refractivity contribution in [1.82, 2.24) is 5.43 Å². The molecule has 2 aromatic carbocycles. The second-order valence-corrected chi connectivity index (χ2v) is 6.21. The Hall–Kier alpha value is -1.78. The smallest absolute Gasteiger partial charge is 0.253 e. The molecule has 0 unspecified atom stereocenters. The molecule has 21 heavy (non-hydrogen) atoms. The van der Waals surface area contributed by atoms with Gasteiger partial charge in [0.2, 0.25) is 0 Å². The standard InChI is InChI=1S/C16H15ClN2OS/c1-12(21-15-9-7-14(17)8-10-15)16(20)19-18-11-13-5-3-2-4-6-13/h2-12H,1H3,(H,19,20)/b18-11-/t12-/m0/s1. The van der Waals surface area contributed by atoms with Gasteiger partial charge in [0.25, 0.3) is 5.91 Å². The molecule has 0 bridgehead atoms. The first-order valence-corrected chi connectivity index (χ1v) is 7.71. The fourth-order valence-corrected chi connectivity index (χ4v) is 2.56. The number of hydrogen-bond acceptors (Lipinski definition) is 3. The summed E-state index contributed by atoms with van der Waals surface area (Å²) in [7, 11) is 0. The average molecular weight is 319 g/mol. The molecule has 1 atom stereocenters. The molecule has 2 aromatic rings. The Morgan fingerprint density at radius 3 is 2.52 bits per heavy atom. The Kier molecular flexibility index (Phi) is 5.84. The maximum absolute atomic E-state index is 11.9. The largest absolute Gasteiger partial charge is 0.272 e. The summed E-state index contributed by atoms with van der Waals surface area (Å²) in [5.41, 5.74) is 3.49. The van der Waals surface area contributed by atoms with Crippen LogP contribution in [0.2, 0.25) is 5.02 Å². The maximum atomic E-state index is 11.9. The van der Waals surface area contributed by atoms with Gasteiger partial charge in [0, 0.05) is 9.92 Å². The lowest BCUT2D eigenvalue weighted by Gasteiger charge is -2.09. The van der Waals surface area contributed by atoms with Gasteiger partial charge in [0.1, 0.15) is 0 Å². The van der Waals surface area contributed by atoms with Crippen molar-refractivity contribution in [2.24, 2.45) is 5.10 Å². The van der Waals surface area contributed by atoms with E-state index in [-0.39, 0.29) is 11.2 Å². The van der Waals surface area contributed by atoms with Crippen LogP contribution >= 0.6 is 23.4 Å². The SMILES string of the molecule is C[C@H](Sc1ccc(Cl)cc1)C(=O)N/N=C\c1ccccc1. The summed E-state index contributed by atoms with van der Waals surface area (Å²) in [6, 6.07) is 17.0. The van der Waals surface area contributed by atoms with Gasteiger partial charge in [-0.15, -0.1) is 11.8 Å². The highest BCUT2D eigenvalue weighted by atomic mass is 35.5. The predicted molar refractivity (Wildman–Crippen MR) is 88.9 cm³/mol. The zero-order valence-corrected chi connectivity index (χ0v) is 13.1. The lowest BCUT2D eigenvalue weighted by atomic mass is 10.2. The molecule has 0 aromatic heterocycles. The maximum Gasteiger partial charge on any atom is 0.253 e. The second kappa shape index (κ2) is 7.86. The summed E-state index contributed by atoms with van der Waals surface area (Å²) in [5.74, 6) is -0.137. The fraction of sp³-hybridized carbons (Fsp3) is 0.125. The van der Waals surface area contributed by atoms with E-state index in [0.717, 1.165) is 10.5 Å². The van der Waals surface area contributed by atoms with Gasteiger partial charge < -0.3 is 0 Å². The van der Waals surface area contributed by atoms with Gasteiger partial charge in [-0.1, -0.05) is 41.9 Å². The highest BCUT2D eigenvalue weighted by molar-refractivity contribution is 8.00. The van der Waals surface area contributed by atoms with Gasteiger partial charge in [-0.2, -0.15) is 5.10 Å². The first-order valence-electron chi connectivity index (χ1n) is 6.45. The van der Waals surface area contributed by atoms with Crippen LogP contribution in [0.3, 0.4) is 0 Å². The zero-order chi connectivity index (χ0) is 15.1. The van der Waals surface area contributed by atoms with E-state index >= 15 is 0 Å². The highest BCUT2D eigenvalue weighted by Gasteiger charge is 2.13. The number of rotatable bonds is 5. The number of carbonyl (C=O) groups is 1. The first-order chi connectivity index (χ1) is 10.1. The molecule has 0 aliphatic rings. The Labute approximate surface area is 133 Å². The average Bonchev–Trinajstić information content (AvgIpc) is 2.50. The predicted octanol–water partition coefficient (Wildman–Crippen LogP) is 3.97. The molecule has 1 amide bonds. The summed E-state index contributed by atoms with van der Waals surface area (Å²) >= 11 is 7.29. The molecule has 0 aliphatic carbocycles. The molecule has 0 heterocycles. The topological polar surface area (TPSA) is 41.5 Å². The normalized spacial score (nSPS) is 12.3. The minimum Gasteiger partial charge on any atom is -0.272 e. The number of nitrogens with zero attached hydrogens (tertiary/aromatic N) is 1. The third-order valence-electron chi connectivity index (χ3n) is 2.68. The van der Waals surface area contributed by atoms with Gasteiger partial charge in [0.05, 0.1) is 11.5 Å². The Bertz CT molecular complexity index is 614. The van der Waals surface area contributed by atoms with E-state index in [1.165, 1.54) is 11.8 Å². The van der Waals surface area contributed by atoms with Crippen molar-refractivity contribution >= 4 is 35.5 Å². The van der Waals surface area contributed by atoms with Gasteiger partial charge >= 0.3 is 0 Å². The molecule has 0 fully saturated rings. The Morgan fingerprint density at radius 2 is 1.86 bits per heavy atom. The van der Waals surface area contributed by atoms with Crippen molar-refractivity contribution in [3.8, 4) is 0 Å². The minimum atomic E-state index is -0.237. The number of hydrogen-bond donors (Lipinski definition) is 1. The van der Waals surface area contributed by atoms with Crippen LogP contribution in [0.5, 0.6) is 0 Å². The number of carbonyl (C=O) groups excluding carboxylic acids is 1. The van der Waals surface area contributed by atoms with E-state index in [9.17, 15) is 4.79 Å². The van der Waals surface area contributed by atoms with Crippen molar-refractivity contribution in [1.29, 1.82) is 0 Å². The summed E-state index contributed by atoms with van der Waals surface area (Å²) < 4.78 is 0. The quantitative estimate of drug-likeness (QED) is 0.515. The molecule has 1 N–H and O–H groups in total. The van der Waals surface area contributed by atoms with E-state index in [0.29, 0.717) is 5.02 Å². The molecular weight excluding hydrogens is 304 g/mol. The molecule has 5 heteroatoms. The monoisotopic (exact) mass is 318 g/mol. The zero-order valence-electron chi connectivity index (χ0n) is 11.5. The first kappa shape index (κ1) is 15.6. The van der Waals surface area contributed by atoms with Crippen LogP contribution in [0.25, 0.3) is 0 Å². The molecule has 108 valence electrons. The third-order valence-corrected chi connectivity index (χ3v) is 4.05. The molecule has 0 aliphatic heterocycles. The molecule has 0 saturated carbocycles. The number of benzene rings is 2. The van der Waals surface area contributed by atoms with E-state index in [1.54, 1.807) is 6.21 Å². The minimum absolute atomic E-state index is 0.137.